The van der Waals surface area contributed by atoms with E-state index in [1.807, 2.05) is 0 Å². The minimum absolute atomic E-state index is 0.204. The van der Waals surface area contributed by atoms with Crippen LogP contribution in [0, 0.1) is 47.3 Å². The summed E-state index contributed by atoms with van der Waals surface area (Å²) in [4.78, 5) is 4.87. The Labute approximate surface area is 662 Å². The molecule has 10 aliphatic rings. The Morgan fingerprint density at radius 3 is 1.14 bits per heavy atom. The first-order valence-electron chi connectivity index (χ1n) is 41.9. The van der Waals surface area contributed by atoms with Gasteiger partial charge in [-0.05, 0) is 313 Å². The van der Waals surface area contributed by atoms with Gasteiger partial charge in [-0.2, -0.15) is 0 Å². The van der Waals surface area contributed by atoms with Crippen LogP contribution in [0.25, 0.3) is 115 Å². The van der Waals surface area contributed by atoms with Crippen LogP contribution in [0.5, 0.6) is 0 Å². The molecule has 27 rings (SSSR count). The third kappa shape index (κ3) is 10.1. The second-order valence-corrected chi connectivity index (χ2v) is 34.7. The van der Waals surface area contributed by atoms with Crippen LogP contribution in [0.4, 0.5) is 34.1 Å². The lowest BCUT2D eigenvalue weighted by molar-refractivity contribution is -0.0399. The summed E-state index contributed by atoms with van der Waals surface area (Å²) in [7, 11) is 0. The first kappa shape index (κ1) is 65.4. The second-order valence-electron chi connectivity index (χ2n) is 34.7. The van der Waals surface area contributed by atoms with E-state index in [-0.39, 0.29) is 10.8 Å². The highest BCUT2D eigenvalue weighted by molar-refractivity contribution is 6.10. The Morgan fingerprint density at radius 1 is 0.221 bits per heavy atom. The molecule has 1 aromatic heterocycles. The van der Waals surface area contributed by atoms with Crippen LogP contribution in [0.1, 0.15) is 86.5 Å². The van der Waals surface area contributed by atoms with Gasteiger partial charge in [-0.25, -0.2) is 0 Å². The number of hydrogen-bond acceptors (Lipinski definition) is 2. The minimum Gasteiger partial charge on any atom is -0.310 e. The molecule has 16 aromatic carbocycles. The number of hydrogen-bond donors (Lipinski definition) is 0. The van der Waals surface area contributed by atoms with Gasteiger partial charge >= 0.3 is 0 Å². The van der Waals surface area contributed by atoms with Crippen LogP contribution >= 0.6 is 0 Å². The normalized spacial score (nSPS) is 22.8. The second kappa shape index (κ2) is 25.6. The molecule has 0 N–H and O–H groups in total. The molecule has 8 saturated carbocycles. The standard InChI is InChI=1S/C56H44N2.C54H43N/c1-2-11-40-33-47(26-22-38(40)10-1)57(45-12-9-13-46(35-45)58-54-18-7-4-15-49(54)50-16-5-8-19-55(50)58)44-24-20-39(21-25-44)41-23-27-53-51(34-41)48-14-3-6-17-52(48)56(53)42-29-36-28-37(31-42)32-43(56)30-36;1-2-11-39(12-3-1)46-25-27-53(49-16-7-6-14-47(46)49)55(45-24-20-37-10-4-5-13-40(37)33-45)44-22-18-38(19-23-44)41-21-26-52-50(34-41)48-15-8-9-17-51(48)54(52)42-29-35-28-36(31-42)32-43(54)30-35/h1-27,33-37,42-43H,28-32H2;1-27,33-36,42-43H,28-32H2. The van der Waals surface area contributed by atoms with Crippen LogP contribution < -0.4 is 9.80 Å². The molecule has 0 unspecified atom stereocenters. The fourth-order valence-electron chi connectivity index (χ4n) is 25.1. The lowest BCUT2D eigenvalue weighted by Gasteiger charge is -2.61. The van der Waals surface area contributed by atoms with Gasteiger partial charge in [-0.1, -0.05) is 261 Å². The van der Waals surface area contributed by atoms with Crippen molar-refractivity contribution in [3.8, 4) is 61.3 Å². The maximum atomic E-state index is 2.54. The highest BCUT2D eigenvalue weighted by Gasteiger charge is 2.63. The summed E-state index contributed by atoms with van der Waals surface area (Å²) in [6, 6.07) is 134. The summed E-state index contributed by atoms with van der Waals surface area (Å²) in [5, 5.41) is 10.00. The first-order chi connectivity index (χ1) is 55.9. The van der Waals surface area contributed by atoms with Gasteiger partial charge in [0.25, 0.3) is 0 Å². The number of aromatic nitrogens is 1. The molecule has 0 amide bonds. The van der Waals surface area contributed by atoms with Crippen molar-refractivity contribution >= 4 is 88.2 Å². The van der Waals surface area contributed by atoms with Crippen LogP contribution in [-0.4, -0.2) is 4.57 Å². The van der Waals surface area contributed by atoms with Crippen molar-refractivity contribution in [2.24, 2.45) is 47.3 Å². The van der Waals surface area contributed by atoms with Gasteiger partial charge in [0.1, 0.15) is 0 Å². The number of anilines is 6. The molecule has 0 atom stereocenters. The smallest absolute Gasteiger partial charge is 0.0541 e. The van der Waals surface area contributed by atoms with Crippen molar-refractivity contribution in [1.82, 2.24) is 4.57 Å². The molecule has 542 valence electrons. The fraction of sp³-hybridized carbons (Fsp3) is 0.182. The Balaban J connectivity index is 0.000000131. The Hall–Kier alpha value is -12.3. The molecule has 1 heterocycles. The molecule has 10 aliphatic carbocycles. The van der Waals surface area contributed by atoms with Gasteiger partial charge in [0.2, 0.25) is 0 Å². The van der Waals surface area contributed by atoms with Gasteiger partial charge in [0.15, 0.2) is 0 Å². The molecule has 17 aromatic rings. The van der Waals surface area contributed by atoms with Crippen molar-refractivity contribution in [2.45, 2.75) is 75.0 Å². The van der Waals surface area contributed by atoms with Gasteiger partial charge in [0.05, 0.1) is 16.7 Å². The van der Waals surface area contributed by atoms with E-state index in [1.54, 1.807) is 22.3 Å². The molecule has 0 radical (unpaired) electrons. The van der Waals surface area contributed by atoms with E-state index in [0.717, 1.165) is 81.5 Å². The van der Waals surface area contributed by atoms with E-state index >= 15 is 0 Å². The van der Waals surface area contributed by atoms with Gasteiger partial charge < -0.3 is 14.4 Å². The maximum absolute atomic E-state index is 2.54. The molecule has 2 spiro atoms. The van der Waals surface area contributed by atoms with Gasteiger partial charge in [-0.3, -0.25) is 0 Å². The zero-order valence-electron chi connectivity index (χ0n) is 63.6. The van der Waals surface area contributed by atoms with E-state index in [4.69, 9.17) is 0 Å². The Bertz CT molecular complexity index is 6560. The van der Waals surface area contributed by atoms with Crippen molar-refractivity contribution in [2.75, 3.05) is 9.80 Å². The number of para-hydroxylation sites is 2. The summed E-state index contributed by atoms with van der Waals surface area (Å²) in [5.41, 5.74) is 30.9. The molecular weight excluding hydrogens is 1360 g/mol. The van der Waals surface area contributed by atoms with E-state index in [9.17, 15) is 0 Å². The van der Waals surface area contributed by atoms with Crippen LogP contribution in [0.2, 0.25) is 0 Å². The third-order valence-electron chi connectivity index (χ3n) is 29.2. The largest absolute Gasteiger partial charge is 0.310 e. The molecular formula is C110H87N3. The molecule has 8 fully saturated rings. The number of fused-ring (bicyclic) bond motifs is 12. The topological polar surface area (TPSA) is 11.4 Å². The molecule has 0 saturated heterocycles. The summed E-state index contributed by atoms with van der Waals surface area (Å²) in [6.07, 6.45) is 14.3. The van der Waals surface area contributed by atoms with Crippen LogP contribution in [-0.2, 0) is 10.8 Å². The Kier molecular flexibility index (Phi) is 14.8. The molecule has 3 nitrogen and oxygen atoms in total. The van der Waals surface area contributed by atoms with Crippen molar-refractivity contribution in [3.05, 3.63) is 380 Å². The molecule has 3 heteroatoms. The van der Waals surface area contributed by atoms with Gasteiger partial charge in [-0.15, -0.1) is 0 Å². The summed E-state index contributed by atoms with van der Waals surface area (Å²) < 4.78 is 2.41. The number of rotatable bonds is 10. The average Bonchev–Trinajstić information content (AvgIpc) is 1.54. The van der Waals surface area contributed by atoms with Crippen LogP contribution in [0.15, 0.2) is 358 Å². The van der Waals surface area contributed by atoms with Crippen LogP contribution in [0.3, 0.4) is 0 Å². The lowest BCUT2D eigenvalue weighted by Crippen LogP contribution is -2.55. The Morgan fingerprint density at radius 2 is 0.619 bits per heavy atom. The molecule has 113 heavy (non-hydrogen) atoms. The van der Waals surface area contributed by atoms with E-state index in [2.05, 4.69) is 372 Å². The monoisotopic (exact) mass is 1450 g/mol. The number of benzene rings is 16. The molecule has 0 aliphatic heterocycles. The van der Waals surface area contributed by atoms with E-state index in [1.165, 1.54) is 180 Å². The van der Waals surface area contributed by atoms with Gasteiger partial charge in [0, 0.05) is 61.1 Å². The summed E-state index contributed by atoms with van der Waals surface area (Å²) in [6.45, 7) is 0. The molecule has 8 bridgehead atoms. The highest BCUT2D eigenvalue weighted by Crippen LogP contribution is 2.71. The summed E-state index contributed by atoms with van der Waals surface area (Å²) >= 11 is 0. The zero-order chi connectivity index (χ0) is 74.0. The maximum Gasteiger partial charge on any atom is 0.0541 e. The third-order valence-corrected chi connectivity index (χ3v) is 29.2. The fourth-order valence-corrected chi connectivity index (χ4v) is 25.1. The average molecular weight is 1450 g/mol. The van der Waals surface area contributed by atoms with E-state index < -0.39 is 0 Å². The SMILES string of the molecule is c1cc(N(c2ccc(-c3ccc4c(c3)-c3ccccc3C43C4CC5CC(C4)CC3C5)cc2)c2ccc3ccccc3c2)cc(-n2c3ccccc3c3ccccc32)c1.c1ccc(-c2ccc(N(c3ccc(-c4ccc5c(c4)-c4ccccc4C54C5CC6CC(C5)CC4C6)cc3)c3ccc4ccccc4c3)c3ccccc23)cc1. The predicted octanol–water partition coefficient (Wildman–Crippen LogP) is 29.3. The highest BCUT2D eigenvalue weighted by atomic mass is 15.2. The zero-order valence-corrected chi connectivity index (χ0v) is 63.6. The summed E-state index contributed by atoms with van der Waals surface area (Å²) in [5.74, 6) is 6.95. The quantitative estimate of drug-likeness (QED) is 0.135. The van der Waals surface area contributed by atoms with Crippen molar-refractivity contribution in [3.63, 3.8) is 0 Å². The predicted molar refractivity (Wildman–Crippen MR) is 472 cm³/mol. The lowest BCUT2D eigenvalue weighted by atomic mass is 9.43. The van der Waals surface area contributed by atoms with Crippen molar-refractivity contribution < 1.29 is 0 Å². The van der Waals surface area contributed by atoms with Crippen molar-refractivity contribution in [1.29, 1.82) is 0 Å². The first-order valence-corrected chi connectivity index (χ1v) is 41.9. The number of nitrogens with zero attached hydrogens (tertiary/aromatic N) is 3. The minimum atomic E-state index is 0.204. The van der Waals surface area contributed by atoms with E-state index in [0.29, 0.717) is 0 Å².